The first-order chi connectivity index (χ1) is 8.66. The average molecular weight is 268 g/mol. The topological polar surface area (TPSA) is 38.3 Å². The van der Waals surface area contributed by atoms with Gasteiger partial charge in [-0.05, 0) is 37.3 Å². The molecule has 0 spiro atoms. The maximum Gasteiger partial charge on any atom is 0.411 e. The molecule has 98 valence electrons. The normalized spacial score (nSPS) is 23.4. The molecule has 0 aromatic heterocycles. The Morgan fingerprint density at radius 1 is 1.33 bits per heavy atom. The van der Waals surface area contributed by atoms with Gasteiger partial charge in [0.1, 0.15) is 6.10 Å². The highest BCUT2D eigenvalue weighted by Crippen LogP contribution is 2.27. The number of hydrogen-bond acceptors (Lipinski definition) is 2. The molecule has 2 rings (SSSR count). The minimum absolute atomic E-state index is 0.0289. The molecule has 18 heavy (non-hydrogen) atoms. The van der Waals surface area contributed by atoms with Gasteiger partial charge in [0, 0.05) is 0 Å². The van der Waals surface area contributed by atoms with Crippen molar-refractivity contribution >= 4 is 23.4 Å². The summed E-state index contributed by atoms with van der Waals surface area (Å²) in [6.45, 7) is 2.13. The van der Waals surface area contributed by atoms with Gasteiger partial charge < -0.3 is 4.74 Å². The Balaban J connectivity index is 1.90. The first-order valence-corrected chi connectivity index (χ1v) is 6.77. The van der Waals surface area contributed by atoms with Crippen molar-refractivity contribution in [1.82, 2.24) is 0 Å². The number of carbonyl (C=O) groups is 1. The van der Waals surface area contributed by atoms with Crippen molar-refractivity contribution in [2.24, 2.45) is 5.92 Å². The highest BCUT2D eigenvalue weighted by molar-refractivity contribution is 6.33. The van der Waals surface area contributed by atoms with Crippen LogP contribution < -0.4 is 5.32 Å². The number of halogens is 1. The van der Waals surface area contributed by atoms with Gasteiger partial charge in [-0.25, -0.2) is 4.79 Å². The third-order valence-corrected chi connectivity index (χ3v) is 3.73. The largest absolute Gasteiger partial charge is 0.446 e. The summed E-state index contributed by atoms with van der Waals surface area (Å²) in [7, 11) is 0. The smallest absolute Gasteiger partial charge is 0.411 e. The van der Waals surface area contributed by atoms with Crippen LogP contribution in [0.25, 0.3) is 0 Å². The molecule has 1 fully saturated rings. The van der Waals surface area contributed by atoms with Crippen LogP contribution in [-0.4, -0.2) is 12.2 Å². The molecule has 0 saturated heterocycles. The van der Waals surface area contributed by atoms with Crippen LogP contribution in [0, 0.1) is 5.92 Å². The molecule has 1 aliphatic rings. The van der Waals surface area contributed by atoms with Crippen molar-refractivity contribution in [2.45, 2.75) is 38.7 Å². The van der Waals surface area contributed by atoms with Gasteiger partial charge in [0.15, 0.2) is 0 Å². The van der Waals surface area contributed by atoms with E-state index in [2.05, 4.69) is 12.2 Å². The highest BCUT2D eigenvalue weighted by Gasteiger charge is 2.24. The number of para-hydroxylation sites is 1. The molecule has 1 saturated carbocycles. The van der Waals surface area contributed by atoms with Gasteiger partial charge in [-0.3, -0.25) is 5.32 Å². The molecule has 0 heterocycles. The number of hydrogen-bond donors (Lipinski definition) is 1. The SMILES string of the molecule is CC1CCCCC1OC(=O)Nc1ccccc1Cl. The number of rotatable bonds is 2. The Kier molecular flexibility index (Phi) is 4.48. The second kappa shape index (κ2) is 6.10. The number of nitrogens with one attached hydrogen (secondary N) is 1. The number of ether oxygens (including phenoxy) is 1. The fourth-order valence-electron chi connectivity index (χ4n) is 2.30. The lowest BCUT2D eigenvalue weighted by Gasteiger charge is -2.28. The molecule has 0 bridgehead atoms. The van der Waals surface area contributed by atoms with E-state index in [1.54, 1.807) is 12.1 Å². The van der Waals surface area contributed by atoms with E-state index in [0.29, 0.717) is 16.6 Å². The summed E-state index contributed by atoms with van der Waals surface area (Å²) < 4.78 is 5.45. The van der Waals surface area contributed by atoms with Gasteiger partial charge in [0.05, 0.1) is 10.7 Å². The molecule has 2 atom stereocenters. The molecule has 1 aromatic rings. The molecule has 0 aliphatic heterocycles. The number of benzene rings is 1. The van der Waals surface area contributed by atoms with Crippen molar-refractivity contribution in [1.29, 1.82) is 0 Å². The van der Waals surface area contributed by atoms with Crippen LogP contribution in [0.2, 0.25) is 5.02 Å². The monoisotopic (exact) mass is 267 g/mol. The lowest BCUT2D eigenvalue weighted by molar-refractivity contribution is 0.0524. The molecule has 1 N–H and O–H groups in total. The maximum absolute atomic E-state index is 11.8. The quantitative estimate of drug-likeness (QED) is 0.859. The van der Waals surface area contributed by atoms with E-state index in [1.807, 2.05) is 12.1 Å². The standard InChI is InChI=1S/C14H18ClNO2/c1-10-6-2-5-9-13(10)18-14(17)16-12-8-4-3-7-11(12)15/h3-4,7-8,10,13H,2,5-6,9H2,1H3,(H,16,17). The van der Waals surface area contributed by atoms with E-state index in [1.165, 1.54) is 6.42 Å². The van der Waals surface area contributed by atoms with E-state index in [9.17, 15) is 4.79 Å². The maximum atomic E-state index is 11.8. The van der Waals surface area contributed by atoms with Crippen molar-refractivity contribution in [2.75, 3.05) is 5.32 Å². The third-order valence-electron chi connectivity index (χ3n) is 3.40. The summed E-state index contributed by atoms with van der Waals surface area (Å²) in [5.41, 5.74) is 0.590. The molecular weight excluding hydrogens is 250 g/mol. The lowest BCUT2D eigenvalue weighted by Crippen LogP contribution is -2.30. The predicted molar refractivity (Wildman–Crippen MR) is 73.0 cm³/mol. The van der Waals surface area contributed by atoms with Crippen molar-refractivity contribution in [3.63, 3.8) is 0 Å². The molecule has 3 nitrogen and oxygen atoms in total. The van der Waals surface area contributed by atoms with E-state index in [4.69, 9.17) is 16.3 Å². The fourth-order valence-corrected chi connectivity index (χ4v) is 2.48. The van der Waals surface area contributed by atoms with Gasteiger partial charge in [0.2, 0.25) is 0 Å². The van der Waals surface area contributed by atoms with Crippen molar-refractivity contribution in [3.05, 3.63) is 29.3 Å². The van der Waals surface area contributed by atoms with E-state index < -0.39 is 6.09 Å². The van der Waals surface area contributed by atoms with E-state index >= 15 is 0 Å². The minimum Gasteiger partial charge on any atom is -0.446 e. The Labute approximate surface area is 112 Å². The van der Waals surface area contributed by atoms with Gasteiger partial charge >= 0.3 is 6.09 Å². The molecular formula is C14H18ClNO2. The summed E-state index contributed by atoms with van der Waals surface area (Å²) in [5, 5.41) is 3.20. The van der Waals surface area contributed by atoms with Gasteiger partial charge in [-0.1, -0.05) is 37.1 Å². The summed E-state index contributed by atoms with van der Waals surface area (Å²) >= 11 is 5.97. The number of carbonyl (C=O) groups excluding carboxylic acids is 1. The Morgan fingerprint density at radius 2 is 2.06 bits per heavy atom. The molecule has 4 heteroatoms. The first kappa shape index (κ1) is 13.2. The molecule has 1 aromatic carbocycles. The van der Waals surface area contributed by atoms with E-state index in [-0.39, 0.29) is 6.10 Å². The molecule has 0 radical (unpaired) electrons. The zero-order valence-electron chi connectivity index (χ0n) is 10.5. The Bertz CT molecular complexity index is 422. The summed E-state index contributed by atoms with van der Waals surface area (Å²) in [5.74, 6) is 0.441. The summed E-state index contributed by atoms with van der Waals surface area (Å²) in [6.07, 6.45) is 4.06. The van der Waals surface area contributed by atoms with Crippen LogP contribution in [0.5, 0.6) is 0 Å². The fraction of sp³-hybridized carbons (Fsp3) is 0.500. The Hall–Kier alpha value is -1.22. The summed E-state index contributed by atoms with van der Waals surface area (Å²) in [6, 6.07) is 7.14. The highest BCUT2D eigenvalue weighted by atomic mass is 35.5. The molecule has 1 aliphatic carbocycles. The second-order valence-corrected chi connectivity index (χ2v) is 5.22. The van der Waals surface area contributed by atoms with Crippen LogP contribution in [-0.2, 0) is 4.74 Å². The molecule has 1 amide bonds. The Morgan fingerprint density at radius 3 is 2.78 bits per heavy atom. The average Bonchev–Trinajstić information content (AvgIpc) is 2.35. The van der Waals surface area contributed by atoms with Crippen molar-refractivity contribution in [3.8, 4) is 0 Å². The molecule has 2 unspecified atom stereocenters. The van der Waals surface area contributed by atoms with Crippen LogP contribution in [0.15, 0.2) is 24.3 Å². The zero-order chi connectivity index (χ0) is 13.0. The van der Waals surface area contributed by atoms with Crippen molar-refractivity contribution < 1.29 is 9.53 Å². The van der Waals surface area contributed by atoms with Crippen LogP contribution >= 0.6 is 11.6 Å². The summed E-state index contributed by atoms with van der Waals surface area (Å²) in [4.78, 5) is 11.8. The second-order valence-electron chi connectivity index (χ2n) is 4.81. The van der Waals surface area contributed by atoms with Gasteiger partial charge in [-0.2, -0.15) is 0 Å². The first-order valence-electron chi connectivity index (χ1n) is 6.39. The van der Waals surface area contributed by atoms with Crippen LogP contribution in [0.4, 0.5) is 10.5 Å². The number of anilines is 1. The predicted octanol–water partition coefficient (Wildman–Crippen LogP) is 4.47. The van der Waals surface area contributed by atoms with Crippen LogP contribution in [0.3, 0.4) is 0 Å². The third kappa shape index (κ3) is 3.39. The lowest BCUT2D eigenvalue weighted by atomic mass is 9.88. The zero-order valence-corrected chi connectivity index (χ0v) is 11.2. The van der Waals surface area contributed by atoms with Crippen LogP contribution in [0.1, 0.15) is 32.6 Å². The van der Waals surface area contributed by atoms with Gasteiger partial charge in [-0.15, -0.1) is 0 Å². The van der Waals surface area contributed by atoms with E-state index in [0.717, 1.165) is 19.3 Å². The van der Waals surface area contributed by atoms with Gasteiger partial charge in [0.25, 0.3) is 0 Å². The number of amides is 1. The minimum atomic E-state index is -0.415.